The summed E-state index contributed by atoms with van der Waals surface area (Å²) in [5, 5.41) is 2.15. The third-order valence-corrected chi connectivity index (χ3v) is 5.33. The van der Waals surface area contributed by atoms with Crippen LogP contribution in [0.1, 0.15) is 21.7 Å². The Labute approximate surface area is 159 Å². The minimum absolute atomic E-state index is 0.758. The summed E-state index contributed by atoms with van der Waals surface area (Å²) in [5.41, 5.74) is 3.50. The van der Waals surface area contributed by atoms with Crippen LogP contribution in [-0.2, 0) is 19.6 Å². The molecule has 3 aromatic rings. The molecule has 0 saturated carbocycles. The summed E-state index contributed by atoms with van der Waals surface area (Å²) in [6.07, 6.45) is 1.84. The highest BCUT2D eigenvalue weighted by atomic mass is 32.1. The molecule has 0 amide bonds. The second-order valence-electron chi connectivity index (χ2n) is 6.15. The first kappa shape index (κ1) is 18.4. The topological polar surface area (TPSA) is 34.6 Å². The van der Waals surface area contributed by atoms with E-state index < -0.39 is 0 Å². The predicted molar refractivity (Wildman–Crippen MR) is 106 cm³/mol. The molecule has 2 heterocycles. The van der Waals surface area contributed by atoms with E-state index in [0.717, 1.165) is 42.4 Å². The first-order valence-corrected chi connectivity index (χ1v) is 9.44. The van der Waals surface area contributed by atoms with Gasteiger partial charge in [0.1, 0.15) is 0 Å². The van der Waals surface area contributed by atoms with Gasteiger partial charge in [-0.15, -0.1) is 11.3 Å². The maximum Gasteiger partial charge on any atom is 0.165 e. The van der Waals surface area contributed by atoms with Crippen LogP contribution in [0.5, 0.6) is 11.5 Å². The molecule has 2 aromatic heterocycles. The van der Waals surface area contributed by atoms with Crippen molar-refractivity contribution in [2.24, 2.45) is 0 Å². The van der Waals surface area contributed by atoms with Crippen LogP contribution in [0.3, 0.4) is 0 Å². The normalized spacial score (nSPS) is 10.9. The minimum Gasteiger partial charge on any atom is -0.493 e. The predicted octanol–water partition coefficient (Wildman–Crippen LogP) is 4.67. The van der Waals surface area contributed by atoms with Crippen LogP contribution in [0.15, 0.2) is 54.0 Å². The molecule has 5 heteroatoms. The van der Waals surface area contributed by atoms with Crippen LogP contribution in [0.4, 0.5) is 0 Å². The van der Waals surface area contributed by atoms with E-state index >= 15 is 0 Å². The molecule has 0 radical (unpaired) electrons. The van der Waals surface area contributed by atoms with Crippen molar-refractivity contribution in [2.75, 3.05) is 14.2 Å². The number of para-hydroxylation sites is 1. The van der Waals surface area contributed by atoms with Crippen molar-refractivity contribution in [1.82, 2.24) is 9.88 Å². The summed E-state index contributed by atoms with van der Waals surface area (Å²) in [6, 6.07) is 14.2. The van der Waals surface area contributed by atoms with Crippen LogP contribution >= 0.6 is 11.3 Å². The third-order valence-electron chi connectivity index (χ3n) is 4.33. The Morgan fingerprint density at radius 1 is 0.962 bits per heavy atom. The lowest BCUT2D eigenvalue weighted by molar-refractivity contribution is 0.241. The van der Waals surface area contributed by atoms with Gasteiger partial charge in [0.2, 0.25) is 0 Å². The summed E-state index contributed by atoms with van der Waals surface area (Å²) >= 11 is 1.80. The summed E-state index contributed by atoms with van der Waals surface area (Å²) in [5.74, 6) is 1.55. The third kappa shape index (κ3) is 4.42. The number of nitrogens with zero attached hydrogens (tertiary/aromatic N) is 2. The highest BCUT2D eigenvalue weighted by Gasteiger charge is 2.16. The number of hydrogen-bond acceptors (Lipinski definition) is 5. The van der Waals surface area contributed by atoms with E-state index in [1.807, 2.05) is 30.5 Å². The number of benzene rings is 1. The average Bonchev–Trinajstić information content (AvgIpc) is 3.07. The van der Waals surface area contributed by atoms with Crippen LogP contribution < -0.4 is 9.47 Å². The Hall–Kier alpha value is -2.37. The SMILES string of the molecule is COc1cccc(CN(Cc2ccccn2)Cc2sccc2C)c1OC. The maximum atomic E-state index is 5.61. The van der Waals surface area contributed by atoms with Gasteiger partial charge in [-0.3, -0.25) is 9.88 Å². The summed E-state index contributed by atoms with van der Waals surface area (Å²) < 4.78 is 11.1. The standard InChI is InChI=1S/C21H24N2O2S/c1-16-10-12-26-20(16)15-23(14-18-8-4-5-11-22-18)13-17-7-6-9-19(24-2)21(17)25-3/h4-12H,13-15H2,1-3H3. The van der Waals surface area contributed by atoms with E-state index in [0.29, 0.717) is 0 Å². The average molecular weight is 369 g/mol. The lowest BCUT2D eigenvalue weighted by atomic mass is 10.1. The van der Waals surface area contributed by atoms with Gasteiger partial charge in [-0.25, -0.2) is 0 Å². The number of thiophene rings is 1. The molecular weight excluding hydrogens is 344 g/mol. The van der Waals surface area contributed by atoms with Crippen molar-refractivity contribution in [3.05, 3.63) is 75.7 Å². The van der Waals surface area contributed by atoms with Crippen molar-refractivity contribution in [3.63, 3.8) is 0 Å². The molecule has 0 fully saturated rings. The van der Waals surface area contributed by atoms with Gasteiger partial charge in [0.15, 0.2) is 11.5 Å². The zero-order valence-electron chi connectivity index (χ0n) is 15.4. The van der Waals surface area contributed by atoms with Gasteiger partial charge in [0, 0.05) is 36.3 Å². The fourth-order valence-corrected chi connectivity index (χ4v) is 3.92. The number of aryl methyl sites for hydroxylation is 1. The number of methoxy groups -OCH3 is 2. The van der Waals surface area contributed by atoms with Crippen LogP contribution in [0.25, 0.3) is 0 Å². The van der Waals surface area contributed by atoms with Crippen LogP contribution in [-0.4, -0.2) is 24.1 Å². The van der Waals surface area contributed by atoms with Crippen molar-refractivity contribution in [3.8, 4) is 11.5 Å². The van der Waals surface area contributed by atoms with Gasteiger partial charge in [0.05, 0.1) is 19.9 Å². The zero-order valence-corrected chi connectivity index (χ0v) is 16.3. The lowest BCUT2D eigenvalue weighted by Crippen LogP contribution is -2.23. The molecule has 0 atom stereocenters. The molecular formula is C21H24N2O2S. The molecule has 3 rings (SSSR count). The number of ether oxygens (including phenoxy) is 2. The second-order valence-corrected chi connectivity index (χ2v) is 7.15. The molecule has 0 aliphatic carbocycles. The van der Waals surface area contributed by atoms with E-state index in [1.165, 1.54) is 10.4 Å². The number of rotatable bonds is 8. The Morgan fingerprint density at radius 2 is 1.85 bits per heavy atom. The first-order valence-electron chi connectivity index (χ1n) is 8.56. The molecule has 0 N–H and O–H groups in total. The fraction of sp³-hybridized carbons (Fsp3) is 0.286. The Morgan fingerprint density at radius 3 is 2.50 bits per heavy atom. The molecule has 0 aliphatic rings. The molecule has 0 aliphatic heterocycles. The lowest BCUT2D eigenvalue weighted by Gasteiger charge is -2.23. The highest BCUT2D eigenvalue weighted by molar-refractivity contribution is 7.10. The Balaban J connectivity index is 1.87. The molecule has 136 valence electrons. The Kier molecular flexibility index (Phi) is 6.26. The molecule has 0 saturated heterocycles. The first-order chi connectivity index (χ1) is 12.7. The Bertz CT molecular complexity index is 833. The number of aromatic nitrogens is 1. The van der Waals surface area contributed by atoms with Gasteiger partial charge in [0.25, 0.3) is 0 Å². The smallest absolute Gasteiger partial charge is 0.165 e. The van der Waals surface area contributed by atoms with Crippen molar-refractivity contribution in [1.29, 1.82) is 0 Å². The molecule has 1 aromatic carbocycles. The highest BCUT2D eigenvalue weighted by Crippen LogP contribution is 2.32. The van der Waals surface area contributed by atoms with Crippen LogP contribution in [0, 0.1) is 6.92 Å². The molecule has 26 heavy (non-hydrogen) atoms. The van der Waals surface area contributed by atoms with Crippen molar-refractivity contribution >= 4 is 11.3 Å². The largest absolute Gasteiger partial charge is 0.493 e. The van der Waals surface area contributed by atoms with Gasteiger partial charge in [-0.1, -0.05) is 18.2 Å². The second kappa shape index (κ2) is 8.83. The van der Waals surface area contributed by atoms with E-state index in [-0.39, 0.29) is 0 Å². The van der Waals surface area contributed by atoms with E-state index in [1.54, 1.807) is 25.6 Å². The van der Waals surface area contributed by atoms with Crippen molar-refractivity contribution < 1.29 is 9.47 Å². The zero-order chi connectivity index (χ0) is 18.4. The van der Waals surface area contributed by atoms with Gasteiger partial charge in [-0.05, 0) is 42.1 Å². The van der Waals surface area contributed by atoms with Gasteiger partial charge < -0.3 is 9.47 Å². The minimum atomic E-state index is 0.758. The molecule has 4 nitrogen and oxygen atoms in total. The van der Waals surface area contributed by atoms with Crippen molar-refractivity contribution in [2.45, 2.75) is 26.6 Å². The maximum absolute atomic E-state index is 5.61. The number of pyridine rings is 1. The quantitative estimate of drug-likeness (QED) is 0.579. The van der Waals surface area contributed by atoms with E-state index in [9.17, 15) is 0 Å². The summed E-state index contributed by atoms with van der Waals surface area (Å²) in [7, 11) is 3.36. The van der Waals surface area contributed by atoms with E-state index in [4.69, 9.17) is 9.47 Å². The fourth-order valence-electron chi connectivity index (χ4n) is 2.98. The van der Waals surface area contributed by atoms with Crippen LogP contribution in [0.2, 0.25) is 0 Å². The van der Waals surface area contributed by atoms with Gasteiger partial charge in [-0.2, -0.15) is 0 Å². The summed E-state index contributed by atoms with van der Waals surface area (Å²) in [4.78, 5) is 8.26. The van der Waals surface area contributed by atoms with E-state index in [2.05, 4.69) is 40.4 Å². The molecule has 0 spiro atoms. The number of hydrogen-bond donors (Lipinski definition) is 0. The summed E-state index contributed by atoms with van der Waals surface area (Å²) in [6.45, 7) is 4.57. The van der Waals surface area contributed by atoms with Gasteiger partial charge >= 0.3 is 0 Å². The molecule has 0 bridgehead atoms. The molecule has 0 unspecified atom stereocenters. The monoisotopic (exact) mass is 368 g/mol.